The Kier molecular flexibility index (Phi) is 8.90. The van der Waals surface area contributed by atoms with Crippen molar-refractivity contribution in [1.29, 1.82) is 0 Å². The maximum Gasteiger partial charge on any atom is 0.242 e. The number of anilines is 1. The highest BCUT2D eigenvalue weighted by Gasteiger charge is 2.18. The van der Waals surface area contributed by atoms with Gasteiger partial charge in [-0.05, 0) is 31.3 Å². The average Bonchev–Trinajstić information content (AvgIpc) is 2.77. The van der Waals surface area contributed by atoms with Crippen LogP contribution in [0.15, 0.2) is 6.07 Å². The van der Waals surface area contributed by atoms with E-state index in [2.05, 4.69) is 15.5 Å². The second-order valence-electron chi connectivity index (χ2n) is 5.77. The summed E-state index contributed by atoms with van der Waals surface area (Å²) in [4.78, 5) is 12.0. The monoisotopic (exact) mass is 346 g/mol. The third-order valence-corrected chi connectivity index (χ3v) is 4.76. The number of thioether (sulfide) groups is 1. The van der Waals surface area contributed by atoms with Crippen molar-refractivity contribution >= 4 is 35.9 Å². The second-order valence-corrected chi connectivity index (χ2v) is 6.76. The van der Waals surface area contributed by atoms with E-state index in [0.29, 0.717) is 18.2 Å². The molecular weight excluding hydrogens is 320 g/mol. The van der Waals surface area contributed by atoms with Crippen LogP contribution in [0.4, 0.5) is 5.82 Å². The van der Waals surface area contributed by atoms with Crippen molar-refractivity contribution in [2.24, 2.45) is 5.73 Å². The Morgan fingerprint density at radius 3 is 2.77 bits per heavy atom. The van der Waals surface area contributed by atoms with Gasteiger partial charge in [0.15, 0.2) is 5.82 Å². The van der Waals surface area contributed by atoms with Crippen LogP contribution in [0, 0.1) is 0 Å². The number of hydrogen-bond acceptors (Lipinski definition) is 4. The average molecular weight is 347 g/mol. The van der Waals surface area contributed by atoms with Gasteiger partial charge < -0.3 is 11.1 Å². The highest BCUT2D eigenvalue weighted by atomic mass is 35.5. The third-order valence-electron chi connectivity index (χ3n) is 4.11. The SMILES string of the molecule is CSCC[C@H](N)C(=O)Nc1cc(C2CCCCCC2)[nH]n1.Cl. The molecular formula is C15H27ClN4OS. The van der Waals surface area contributed by atoms with E-state index >= 15 is 0 Å². The molecule has 1 aliphatic rings. The molecule has 2 rings (SSSR count). The van der Waals surface area contributed by atoms with E-state index in [1.165, 1.54) is 38.5 Å². The second kappa shape index (κ2) is 10.1. The minimum Gasteiger partial charge on any atom is -0.320 e. The van der Waals surface area contributed by atoms with Crippen molar-refractivity contribution in [3.8, 4) is 0 Å². The summed E-state index contributed by atoms with van der Waals surface area (Å²) < 4.78 is 0. The summed E-state index contributed by atoms with van der Waals surface area (Å²) in [5.74, 6) is 1.89. The predicted octanol–water partition coefficient (Wildman–Crippen LogP) is 3.29. The first-order chi connectivity index (χ1) is 10.2. The first kappa shape index (κ1) is 19.3. The normalized spacial score (nSPS) is 17.4. The Bertz CT molecular complexity index is 447. The number of rotatable bonds is 6. The van der Waals surface area contributed by atoms with Crippen molar-refractivity contribution in [3.63, 3.8) is 0 Å². The number of carbonyl (C=O) groups is 1. The maximum atomic E-state index is 12.0. The van der Waals surface area contributed by atoms with Crippen molar-refractivity contribution in [1.82, 2.24) is 10.2 Å². The van der Waals surface area contributed by atoms with Gasteiger partial charge in [0.1, 0.15) is 0 Å². The molecule has 1 amide bonds. The minimum absolute atomic E-state index is 0. The number of nitrogens with two attached hydrogens (primary N) is 1. The van der Waals surface area contributed by atoms with Crippen LogP contribution in [0.3, 0.4) is 0 Å². The fourth-order valence-corrected chi connectivity index (χ4v) is 3.28. The summed E-state index contributed by atoms with van der Waals surface area (Å²) in [5.41, 5.74) is 7.00. The number of aromatic nitrogens is 2. The summed E-state index contributed by atoms with van der Waals surface area (Å²) in [6.07, 6.45) is 10.4. The fourth-order valence-electron chi connectivity index (χ4n) is 2.79. The van der Waals surface area contributed by atoms with Crippen LogP contribution in [0.5, 0.6) is 0 Å². The van der Waals surface area contributed by atoms with Gasteiger partial charge in [0, 0.05) is 17.7 Å². The first-order valence-corrected chi connectivity index (χ1v) is 9.20. The van der Waals surface area contributed by atoms with E-state index in [4.69, 9.17) is 5.73 Å². The molecule has 1 aromatic rings. The van der Waals surface area contributed by atoms with E-state index in [0.717, 1.165) is 11.4 Å². The molecule has 0 unspecified atom stereocenters. The standard InChI is InChI=1S/C15H26N4OS.ClH/c1-21-9-8-12(16)15(20)17-14-10-13(18-19-14)11-6-4-2-3-5-7-11;/h10-12H,2-9,16H2,1H3,(H2,17,18,19,20);1H/t12-;/m0./s1. The van der Waals surface area contributed by atoms with Crippen LogP contribution in [0.1, 0.15) is 56.6 Å². The molecule has 0 aliphatic heterocycles. The van der Waals surface area contributed by atoms with Gasteiger partial charge in [0.05, 0.1) is 6.04 Å². The van der Waals surface area contributed by atoms with Gasteiger partial charge in [-0.1, -0.05) is 25.7 Å². The fraction of sp³-hybridized carbons (Fsp3) is 0.733. The van der Waals surface area contributed by atoms with Gasteiger partial charge in [0.2, 0.25) is 5.91 Å². The zero-order valence-electron chi connectivity index (χ0n) is 13.1. The zero-order chi connectivity index (χ0) is 15.1. The number of halogens is 1. The summed E-state index contributed by atoms with van der Waals surface area (Å²) in [5, 5.41) is 10.1. The molecule has 1 aromatic heterocycles. The molecule has 5 nitrogen and oxygen atoms in total. The number of nitrogens with zero attached hydrogens (tertiary/aromatic N) is 1. The van der Waals surface area contributed by atoms with Gasteiger partial charge in [-0.25, -0.2) is 0 Å². The molecule has 22 heavy (non-hydrogen) atoms. The number of nitrogens with one attached hydrogen (secondary N) is 2. The topological polar surface area (TPSA) is 83.8 Å². The molecule has 1 fully saturated rings. The summed E-state index contributed by atoms with van der Waals surface area (Å²) >= 11 is 1.70. The third kappa shape index (κ3) is 5.82. The van der Waals surface area contributed by atoms with Crippen LogP contribution in [0.2, 0.25) is 0 Å². The van der Waals surface area contributed by atoms with Crippen LogP contribution in [-0.4, -0.2) is 34.2 Å². The van der Waals surface area contributed by atoms with Crippen LogP contribution in [0.25, 0.3) is 0 Å². The summed E-state index contributed by atoms with van der Waals surface area (Å²) in [6, 6.07) is 1.50. The van der Waals surface area contributed by atoms with Gasteiger partial charge in [0.25, 0.3) is 0 Å². The lowest BCUT2D eigenvalue weighted by atomic mass is 9.97. The molecule has 0 saturated heterocycles. The molecule has 1 heterocycles. The lowest BCUT2D eigenvalue weighted by Gasteiger charge is -2.11. The molecule has 126 valence electrons. The molecule has 1 atom stereocenters. The molecule has 4 N–H and O–H groups in total. The van der Waals surface area contributed by atoms with Gasteiger partial charge >= 0.3 is 0 Å². The minimum atomic E-state index is -0.463. The summed E-state index contributed by atoms with van der Waals surface area (Å²) in [7, 11) is 0. The van der Waals surface area contributed by atoms with Crippen molar-refractivity contribution < 1.29 is 4.79 Å². The number of H-pyrrole nitrogens is 1. The van der Waals surface area contributed by atoms with E-state index < -0.39 is 6.04 Å². The molecule has 1 saturated carbocycles. The van der Waals surface area contributed by atoms with Gasteiger partial charge in [-0.2, -0.15) is 16.9 Å². The van der Waals surface area contributed by atoms with E-state index in [-0.39, 0.29) is 18.3 Å². The largest absolute Gasteiger partial charge is 0.320 e. The number of carbonyl (C=O) groups excluding carboxylic acids is 1. The molecule has 0 radical (unpaired) electrons. The van der Waals surface area contributed by atoms with Crippen molar-refractivity contribution in [3.05, 3.63) is 11.8 Å². The van der Waals surface area contributed by atoms with Crippen molar-refractivity contribution in [2.75, 3.05) is 17.3 Å². The Morgan fingerprint density at radius 2 is 2.14 bits per heavy atom. The summed E-state index contributed by atoms with van der Waals surface area (Å²) in [6.45, 7) is 0. The Morgan fingerprint density at radius 1 is 1.45 bits per heavy atom. The lowest BCUT2D eigenvalue weighted by Crippen LogP contribution is -2.36. The van der Waals surface area contributed by atoms with Gasteiger partial charge in [-0.15, -0.1) is 12.4 Å². The number of aromatic amines is 1. The first-order valence-electron chi connectivity index (χ1n) is 7.81. The van der Waals surface area contributed by atoms with E-state index in [1.54, 1.807) is 11.8 Å². The molecule has 0 bridgehead atoms. The van der Waals surface area contributed by atoms with Crippen LogP contribution < -0.4 is 11.1 Å². The van der Waals surface area contributed by atoms with E-state index in [1.807, 2.05) is 12.3 Å². The lowest BCUT2D eigenvalue weighted by molar-refractivity contribution is -0.117. The van der Waals surface area contributed by atoms with Crippen molar-refractivity contribution in [2.45, 2.75) is 56.9 Å². The molecule has 7 heteroatoms. The van der Waals surface area contributed by atoms with Crippen LogP contribution in [-0.2, 0) is 4.79 Å². The Labute approximate surface area is 143 Å². The van der Waals surface area contributed by atoms with Crippen LogP contribution >= 0.6 is 24.2 Å². The molecule has 0 aromatic carbocycles. The highest BCUT2D eigenvalue weighted by Crippen LogP contribution is 2.31. The maximum absolute atomic E-state index is 12.0. The Balaban J connectivity index is 0.00000242. The molecule has 0 spiro atoms. The van der Waals surface area contributed by atoms with Gasteiger partial charge in [-0.3, -0.25) is 9.89 Å². The quantitative estimate of drug-likeness (QED) is 0.690. The van der Waals surface area contributed by atoms with E-state index in [9.17, 15) is 4.79 Å². The smallest absolute Gasteiger partial charge is 0.242 e. The number of amides is 1. The number of hydrogen-bond donors (Lipinski definition) is 3. The molecule has 1 aliphatic carbocycles. The highest BCUT2D eigenvalue weighted by molar-refractivity contribution is 7.98. The predicted molar refractivity (Wildman–Crippen MR) is 95.9 cm³/mol. The Hall–Kier alpha value is -0.720. The zero-order valence-corrected chi connectivity index (χ0v) is 14.8.